The van der Waals surface area contributed by atoms with Crippen molar-refractivity contribution in [3.8, 4) is 0 Å². The highest BCUT2D eigenvalue weighted by atomic mass is 79.9. The third-order valence-electron chi connectivity index (χ3n) is 1.96. The summed E-state index contributed by atoms with van der Waals surface area (Å²) < 4.78 is 0. The second kappa shape index (κ2) is 7.10. The molecule has 0 radical (unpaired) electrons. The molecule has 0 atom stereocenters. The summed E-state index contributed by atoms with van der Waals surface area (Å²) in [5.74, 6) is 0. The van der Waals surface area contributed by atoms with Gasteiger partial charge in [-0.05, 0) is 23.1 Å². The van der Waals surface area contributed by atoms with Crippen LogP contribution in [-0.2, 0) is 5.33 Å². The monoisotopic (exact) mass is 265 g/mol. The summed E-state index contributed by atoms with van der Waals surface area (Å²) in [6.45, 7) is 0.517. The van der Waals surface area contributed by atoms with Gasteiger partial charge in [-0.2, -0.15) is 0 Å². The van der Waals surface area contributed by atoms with Crippen LogP contribution in [-0.4, -0.2) is 6.54 Å². The lowest BCUT2D eigenvalue weighted by Crippen LogP contribution is -1.82. The first-order valence-electron chi connectivity index (χ1n) is 4.69. The van der Waals surface area contributed by atoms with Crippen molar-refractivity contribution in [1.29, 1.82) is 0 Å². The molecule has 1 aromatic rings. The van der Waals surface area contributed by atoms with E-state index in [0.717, 1.165) is 11.8 Å². The maximum atomic E-state index is 8.09. The minimum Gasteiger partial charge on any atom is -0.0937 e. The van der Waals surface area contributed by atoms with Gasteiger partial charge in [0.1, 0.15) is 0 Å². The molecule has 0 spiro atoms. The van der Waals surface area contributed by atoms with Crippen molar-refractivity contribution >= 4 is 22.0 Å². The molecule has 0 saturated carbocycles. The SMILES string of the molecule is [N-]=[N+]=NCCC=Cc1ccccc1CBr. The number of halogens is 1. The average molecular weight is 266 g/mol. The van der Waals surface area contributed by atoms with Crippen molar-refractivity contribution in [1.82, 2.24) is 0 Å². The number of nitrogens with zero attached hydrogens (tertiary/aromatic N) is 3. The van der Waals surface area contributed by atoms with Gasteiger partial charge in [-0.3, -0.25) is 0 Å². The minimum atomic E-state index is 0.517. The molecule has 0 amide bonds. The van der Waals surface area contributed by atoms with Crippen molar-refractivity contribution < 1.29 is 0 Å². The molecule has 78 valence electrons. The zero-order chi connectivity index (χ0) is 10.9. The molecule has 1 aromatic carbocycles. The number of alkyl halides is 1. The first-order chi connectivity index (χ1) is 7.38. The molecular formula is C11H12BrN3. The summed E-state index contributed by atoms with van der Waals surface area (Å²) in [7, 11) is 0. The van der Waals surface area contributed by atoms with E-state index in [1.54, 1.807) is 0 Å². The summed E-state index contributed by atoms with van der Waals surface area (Å²) in [6.07, 6.45) is 4.86. The van der Waals surface area contributed by atoms with Crippen LogP contribution in [0.3, 0.4) is 0 Å². The Morgan fingerprint density at radius 1 is 1.40 bits per heavy atom. The molecule has 0 heterocycles. The van der Waals surface area contributed by atoms with Gasteiger partial charge in [-0.25, -0.2) is 0 Å². The average Bonchev–Trinajstić information content (AvgIpc) is 2.29. The van der Waals surface area contributed by atoms with Gasteiger partial charge in [0, 0.05) is 16.8 Å². The van der Waals surface area contributed by atoms with E-state index in [1.807, 2.05) is 18.2 Å². The predicted molar refractivity (Wildman–Crippen MR) is 66.7 cm³/mol. The maximum Gasteiger partial charge on any atom is 0.0292 e. The predicted octanol–water partition coefficient (Wildman–Crippen LogP) is 4.30. The molecular weight excluding hydrogens is 254 g/mol. The van der Waals surface area contributed by atoms with Gasteiger partial charge >= 0.3 is 0 Å². The quantitative estimate of drug-likeness (QED) is 0.251. The van der Waals surface area contributed by atoms with E-state index >= 15 is 0 Å². The topological polar surface area (TPSA) is 48.8 Å². The van der Waals surface area contributed by atoms with Gasteiger partial charge in [0.2, 0.25) is 0 Å². The Labute approximate surface area is 97.6 Å². The molecule has 0 aliphatic rings. The Morgan fingerprint density at radius 2 is 2.20 bits per heavy atom. The first kappa shape index (κ1) is 11.8. The second-order valence-electron chi connectivity index (χ2n) is 2.98. The van der Waals surface area contributed by atoms with E-state index < -0.39 is 0 Å². The zero-order valence-corrected chi connectivity index (χ0v) is 9.89. The first-order valence-corrected chi connectivity index (χ1v) is 5.82. The smallest absolute Gasteiger partial charge is 0.0292 e. The highest BCUT2D eigenvalue weighted by Gasteiger charge is 1.94. The Morgan fingerprint density at radius 3 is 2.93 bits per heavy atom. The Balaban J connectivity index is 2.59. The fraction of sp³-hybridized carbons (Fsp3) is 0.273. The third-order valence-corrected chi connectivity index (χ3v) is 2.56. The molecule has 1 rings (SSSR count). The standard InChI is InChI=1S/C11H12BrN3/c12-9-11-7-2-1-5-10(11)6-3-4-8-14-15-13/h1-3,5-7H,4,8-9H2. The van der Waals surface area contributed by atoms with Crippen LogP contribution >= 0.6 is 15.9 Å². The van der Waals surface area contributed by atoms with Gasteiger partial charge in [0.05, 0.1) is 0 Å². The lowest BCUT2D eigenvalue weighted by Gasteiger charge is -2.00. The van der Waals surface area contributed by atoms with E-state index in [2.05, 4.69) is 44.2 Å². The summed E-state index contributed by atoms with van der Waals surface area (Å²) in [5, 5.41) is 4.32. The summed E-state index contributed by atoms with van der Waals surface area (Å²) in [4.78, 5) is 2.70. The minimum absolute atomic E-state index is 0.517. The van der Waals surface area contributed by atoms with Crippen LogP contribution in [0.5, 0.6) is 0 Å². The molecule has 0 aromatic heterocycles. The van der Waals surface area contributed by atoms with Crippen LogP contribution < -0.4 is 0 Å². The van der Waals surface area contributed by atoms with Gasteiger partial charge < -0.3 is 0 Å². The Kier molecular flexibility index (Phi) is 5.59. The Hall–Kier alpha value is -1.25. The molecule has 3 nitrogen and oxygen atoms in total. The largest absolute Gasteiger partial charge is 0.0937 e. The highest BCUT2D eigenvalue weighted by molar-refractivity contribution is 9.08. The molecule has 0 fully saturated rings. The van der Waals surface area contributed by atoms with E-state index in [9.17, 15) is 0 Å². The normalized spacial score (nSPS) is 10.2. The van der Waals surface area contributed by atoms with Gasteiger partial charge in [0.15, 0.2) is 0 Å². The second-order valence-corrected chi connectivity index (χ2v) is 3.54. The van der Waals surface area contributed by atoms with Crippen molar-refractivity contribution in [2.45, 2.75) is 11.8 Å². The van der Waals surface area contributed by atoms with Gasteiger partial charge in [0.25, 0.3) is 0 Å². The van der Waals surface area contributed by atoms with Crippen LogP contribution in [0.25, 0.3) is 16.5 Å². The lowest BCUT2D eigenvalue weighted by atomic mass is 10.1. The lowest BCUT2D eigenvalue weighted by molar-refractivity contribution is 0.995. The fourth-order valence-electron chi connectivity index (χ4n) is 1.21. The van der Waals surface area contributed by atoms with Crippen LogP contribution in [0, 0.1) is 0 Å². The van der Waals surface area contributed by atoms with Gasteiger partial charge in [-0.1, -0.05) is 57.5 Å². The maximum absolute atomic E-state index is 8.09. The molecule has 0 aliphatic carbocycles. The van der Waals surface area contributed by atoms with E-state index in [4.69, 9.17) is 5.53 Å². The van der Waals surface area contributed by atoms with Crippen molar-refractivity contribution in [2.24, 2.45) is 5.11 Å². The van der Waals surface area contributed by atoms with E-state index in [-0.39, 0.29) is 0 Å². The van der Waals surface area contributed by atoms with Crippen molar-refractivity contribution in [3.63, 3.8) is 0 Å². The number of benzene rings is 1. The van der Waals surface area contributed by atoms with Gasteiger partial charge in [-0.15, -0.1) is 0 Å². The number of hydrogen-bond acceptors (Lipinski definition) is 1. The van der Waals surface area contributed by atoms with Crippen LogP contribution in [0.4, 0.5) is 0 Å². The number of rotatable bonds is 5. The summed E-state index contributed by atoms with van der Waals surface area (Å²) >= 11 is 3.44. The molecule has 0 saturated heterocycles. The third kappa shape index (κ3) is 4.19. The molecule has 0 N–H and O–H groups in total. The summed E-state index contributed by atoms with van der Waals surface area (Å²) in [6, 6.07) is 8.19. The summed E-state index contributed by atoms with van der Waals surface area (Å²) in [5.41, 5.74) is 10.6. The fourth-order valence-corrected chi connectivity index (χ4v) is 1.72. The van der Waals surface area contributed by atoms with E-state index in [0.29, 0.717) is 6.54 Å². The van der Waals surface area contributed by atoms with Crippen molar-refractivity contribution in [2.75, 3.05) is 6.54 Å². The molecule has 0 bridgehead atoms. The molecule has 0 unspecified atom stereocenters. The number of hydrogen-bond donors (Lipinski definition) is 0. The molecule has 4 heteroatoms. The molecule has 0 aliphatic heterocycles. The Bertz CT molecular complexity index is 381. The zero-order valence-electron chi connectivity index (χ0n) is 8.31. The van der Waals surface area contributed by atoms with Crippen LogP contribution in [0.1, 0.15) is 17.5 Å². The van der Waals surface area contributed by atoms with E-state index in [1.165, 1.54) is 11.1 Å². The van der Waals surface area contributed by atoms with Crippen LogP contribution in [0.15, 0.2) is 35.5 Å². The van der Waals surface area contributed by atoms with Crippen molar-refractivity contribution in [3.05, 3.63) is 51.9 Å². The molecule has 15 heavy (non-hydrogen) atoms. The highest BCUT2D eigenvalue weighted by Crippen LogP contribution is 2.14. The van der Waals surface area contributed by atoms with Crippen LogP contribution in [0.2, 0.25) is 0 Å². The number of azide groups is 1.